The molecule has 0 saturated heterocycles. The van der Waals surface area contributed by atoms with E-state index in [1.165, 1.54) is 32.6 Å². The third kappa shape index (κ3) is 27.7. The number of amides is 2. The lowest BCUT2D eigenvalue weighted by molar-refractivity contribution is -0.122. The molecular weight excluding hydrogens is 2180 g/mol. The Morgan fingerprint density at radius 3 is 1.06 bits per heavy atom. The second-order valence-corrected chi connectivity index (χ2v) is 36.8. The van der Waals surface area contributed by atoms with E-state index in [9.17, 15) is 147 Å². The highest BCUT2D eigenvalue weighted by molar-refractivity contribution is 9.10. The quantitative estimate of drug-likeness (QED) is 0.0102. The van der Waals surface area contributed by atoms with Crippen LogP contribution in [0, 0.1) is 46.5 Å². The van der Waals surface area contributed by atoms with Gasteiger partial charge in [-0.25, -0.2) is 126 Å². The van der Waals surface area contributed by atoms with Crippen molar-refractivity contribution in [2.75, 3.05) is 36.3 Å². The third-order valence-corrected chi connectivity index (χ3v) is 24.0. The fourth-order valence-corrected chi connectivity index (χ4v) is 17.4. The van der Waals surface area contributed by atoms with Gasteiger partial charge in [0.25, 0.3) is 66.6 Å². The van der Waals surface area contributed by atoms with Crippen LogP contribution < -0.4 is 27.6 Å². The highest BCUT2D eigenvalue weighted by atomic mass is 79.9. The molecule has 57 heteroatoms. The Kier molecular flexibility index (Phi) is 36.7. The lowest BCUT2D eigenvalue weighted by Gasteiger charge is -2.29. The summed E-state index contributed by atoms with van der Waals surface area (Å²) in [6.45, 7) is -3.29. The maximum absolute atomic E-state index is 15.0. The molecule has 774 valence electrons. The van der Waals surface area contributed by atoms with Gasteiger partial charge in [-0.1, -0.05) is 12.1 Å². The molecule has 14 rings (SSSR count). The molecule has 0 unspecified atom stereocenters. The van der Waals surface area contributed by atoms with Crippen molar-refractivity contribution < 1.29 is 157 Å². The van der Waals surface area contributed by atoms with Gasteiger partial charge < -0.3 is 32.1 Å². The minimum atomic E-state index is -4.06. The number of aromatic nitrogens is 12. The molecule has 0 fully saturated rings. The fraction of sp³-hybridized carbons (Fsp3) is 0.356. The van der Waals surface area contributed by atoms with Crippen molar-refractivity contribution in [3.63, 3.8) is 0 Å². The monoisotopic (exact) mass is 2250 g/mol. The number of nitrogens with one attached hydrogen (secondary N) is 2. The summed E-state index contributed by atoms with van der Waals surface area (Å²) in [5.74, 6) is -39.3. The van der Waals surface area contributed by atoms with Gasteiger partial charge in [0, 0.05) is 138 Å². The number of hydrogen-bond acceptors (Lipinski definition) is 20. The number of Topliss-reactive ketones (excluding diaryl/α,β-unsaturated/α-hetero) is 3. The van der Waals surface area contributed by atoms with Crippen LogP contribution in [0.25, 0.3) is 11.1 Å². The Balaban J connectivity index is 0.000000206. The molecule has 0 bridgehead atoms. The van der Waals surface area contributed by atoms with Crippen LogP contribution in [0.1, 0.15) is 200 Å². The minimum Gasteiger partial charge on any atom is -0.423 e. The molecule has 6 aromatic heterocycles. The van der Waals surface area contributed by atoms with Crippen LogP contribution in [0.5, 0.6) is 0 Å². The number of carbonyl (C=O) groups excluding carboxylic acids is 5. The number of nitrogens with two attached hydrogens (primary N) is 2. The number of nitrogens with zero attached hydrogens (tertiary/aromatic N) is 12. The summed E-state index contributed by atoms with van der Waals surface area (Å²) in [6, 6.07) is 14.1. The first-order chi connectivity index (χ1) is 67.0. The number of ketones is 3. The summed E-state index contributed by atoms with van der Waals surface area (Å²) in [5, 5.41) is 32.2. The Labute approximate surface area is 824 Å². The highest BCUT2D eigenvalue weighted by Crippen LogP contribution is 2.56. The SMILES string of the molecule is CNc1ncc(-c2ccc(F)c(C(N)=O)c2)c([C@@H](CC(=O)Cn2nc(C(F)F)c3c2C(F)(F)CCC3(F)F)Cc2cc(F)cc(F)c2)n1.CNc1ncc(Br)c([C@@H](CC(=O)Cn2nc(C(F)F)c3c2C(F)(F)CCC3(F)F)Cc2cc(F)cc(F)c2)n1.CS(=O)(=O)c1ncc(Br)c([C@@H](CC(=O)Cn2nc(C(F)F)c3c2C(F)(F)CCC3(F)F)Cc2cc(F)cc(F)c2)n1.ClCCl.NC(=O)c1cc(B(O)O)ccc1F. The van der Waals surface area contributed by atoms with Gasteiger partial charge in [-0.2, -0.15) is 41.6 Å². The van der Waals surface area contributed by atoms with E-state index >= 15 is 0 Å². The fourth-order valence-electron chi connectivity index (χ4n) is 15.9. The zero-order valence-corrected chi connectivity index (χ0v) is 79.3. The van der Waals surface area contributed by atoms with E-state index in [0.29, 0.717) is 22.7 Å². The molecule has 144 heavy (non-hydrogen) atoms. The average Bonchev–Trinajstić information content (AvgIpc) is 1.58. The predicted octanol–water partition coefficient (Wildman–Crippen LogP) is 19.5. The molecule has 0 aliphatic heterocycles. The molecule has 8 N–H and O–H groups in total. The molecule has 5 aromatic carbocycles. The number of carbonyl (C=O) groups is 5. The Morgan fingerprint density at radius 2 is 0.736 bits per heavy atom. The zero-order valence-electron chi connectivity index (χ0n) is 73.8. The number of halogens is 30. The van der Waals surface area contributed by atoms with Crippen molar-refractivity contribution in [3.8, 4) is 11.1 Å². The first-order valence-electron chi connectivity index (χ1n) is 41.6. The molecule has 6 heterocycles. The van der Waals surface area contributed by atoms with Crippen LogP contribution in [0.3, 0.4) is 0 Å². The van der Waals surface area contributed by atoms with Gasteiger partial charge in [0.1, 0.15) is 100 Å². The van der Waals surface area contributed by atoms with Gasteiger partial charge in [0.05, 0.1) is 59.2 Å². The normalized spacial score (nSPS) is 15.6. The van der Waals surface area contributed by atoms with Gasteiger partial charge in [0.2, 0.25) is 26.9 Å². The molecule has 25 nitrogen and oxygen atoms in total. The van der Waals surface area contributed by atoms with Crippen molar-refractivity contribution in [2.24, 2.45) is 11.5 Å². The zero-order chi connectivity index (χ0) is 107. The number of rotatable bonds is 31. The average molecular weight is 2250 g/mol. The summed E-state index contributed by atoms with van der Waals surface area (Å²) in [7, 11) is -2.74. The number of primary amides is 2. The van der Waals surface area contributed by atoms with Crippen molar-refractivity contribution in [3.05, 3.63) is 261 Å². The third-order valence-electron chi connectivity index (χ3n) is 21.9. The van der Waals surface area contributed by atoms with Crippen molar-refractivity contribution in [1.29, 1.82) is 0 Å². The largest absolute Gasteiger partial charge is 0.488 e. The summed E-state index contributed by atoms with van der Waals surface area (Å²) in [4.78, 5) is 86.7. The van der Waals surface area contributed by atoms with Crippen LogP contribution >= 0.6 is 55.1 Å². The van der Waals surface area contributed by atoms with Gasteiger partial charge >= 0.3 is 7.12 Å². The van der Waals surface area contributed by atoms with E-state index in [1.807, 2.05) is 0 Å². The summed E-state index contributed by atoms with van der Waals surface area (Å²) in [6.07, 6.45) is -17.3. The van der Waals surface area contributed by atoms with Crippen molar-refractivity contribution >= 4 is 119 Å². The second kappa shape index (κ2) is 46.3. The molecule has 0 spiro atoms. The van der Waals surface area contributed by atoms with E-state index < -0.39 is 304 Å². The Morgan fingerprint density at radius 1 is 0.438 bits per heavy atom. The van der Waals surface area contributed by atoms with E-state index in [-0.39, 0.29) is 111 Å². The van der Waals surface area contributed by atoms with E-state index in [2.05, 4.69) is 87.7 Å². The lowest BCUT2D eigenvalue weighted by Crippen LogP contribution is -2.33. The van der Waals surface area contributed by atoms with Gasteiger partial charge in [-0.15, -0.1) is 23.2 Å². The molecular formula is C87H73BBr2Cl2F26N16O9S. The smallest absolute Gasteiger partial charge is 0.423 e. The lowest BCUT2D eigenvalue weighted by atomic mass is 9.79. The van der Waals surface area contributed by atoms with E-state index in [0.717, 1.165) is 79.2 Å². The first-order valence-corrected chi connectivity index (χ1v) is 46.1. The van der Waals surface area contributed by atoms with Crippen LogP contribution in [-0.4, -0.2) is 140 Å². The van der Waals surface area contributed by atoms with E-state index in [4.69, 9.17) is 44.7 Å². The molecule has 3 aliphatic rings. The van der Waals surface area contributed by atoms with Crippen LogP contribution in [-0.2, 0) is 98.7 Å². The molecule has 3 atom stereocenters. The standard InChI is InChI=1S/C31H25F9N6O2.C24H20BrF8N5O.C24H19BrF8N4O3S.C7H7BFNO3.CH2Cl2/c1-42-29-43-12-21(15-2-3-22(34)20(10-15)28(41)48)24(44-29)16(6-14-7-17(32)11-18(33)8-14)9-19(47)13-46-26-23(25(45-46)27(35)36)30(37,38)4-5-31(26,39)40;1-34-22-35-9-16(25)18(36-22)12(4-11-5-13(26)8-14(27)6-11)7-15(39)10-38-20-17(19(37-38)21(28)29)23(30,31)2-3-24(20,32)33;1-41(39,40)22-34-9-16(25)18(35-22)12(4-11-5-13(26)8-14(27)6-11)7-15(38)10-37-20-17(19(36-37)21(28)29)23(30,31)2-3-24(20,32)33;9-6-2-1-4(8(12)13)3-5(6)7(10)11;2-1-3/h2-3,7-8,10-12,16,27H,4-6,9,13H2,1H3,(H2,41,48)(H,42,43,44);5-6,8-9,12,21H,2-4,7,10H2,1H3,(H,34,35,36);5-6,8-9,12,21H,2-4,7,10H2,1H3;1-3,12-13H,(H2,10,11);1H2/t16-;2*12-;;/m111../s1. The number of benzene rings is 5. The maximum Gasteiger partial charge on any atom is 0.488 e. The molecule has 0 saturated carbocycles. The van der Waals surface area contributed by atoms with E-state index in [1.54, 1.807) is 0 Å². The van der Waals surface area contributed by atoms with Gasteiger partial charge in [-0.05, 0) is 140 Å². The number of anilines is 2. The Hall–Kier alpha value is -11.8. The second-order valence-electron chi connectivity index (χ2n) is 32.4. The van der Waals surface area contributed by atoms with Gasteiger partial charge in [-0.3, -0.25) is 38.0 Å². The maximum atomic E-state index is 15.0. The summed E-state index contributed by atoms with van der Waals surface area (Å²) < 4.78 is 394. The molecule has 11 aromatic rings. The van der Waals surface area contributed by atoms with Crippen LogP contribution in [0.4, 0.5) is 126 Å². The molecule has 0 radical (unpaired) electrons. The minimum absolute atomic E-state index is 0.00187. The first kappa shape index (κ1) is 114. The number of hydrogen-bond donors (Lipinski definition) is 6. The number of fused-ring (bicyclic) bond motifs is 3. The number of alkyl halides is 20. The number of sulfone groups is 1. The molecule has 2 amide bonds. The predicted molar refractivity (Wildman–Crippen MR) is 469 cm³/mol. The van der Waals surface area contributed by atoms with Crippen molar-refractivity contribution in [2.45, 2.75) is 174 Å². The van der Waals surface area contributed by atoms with Crippen LogP contribution in [0.2, 0.25) is 0 Å². The summed E-state index contributed by atoms with van der Waals surface area (Å²) in [5.41, 5.74) is -4.09. The summed E-state index contributed by atoms with van der Waals surface area (Å²) >= 11 is 15.9. The topological polar surface area (TPSA) is 367 Å². The van der Waals surface area contributed by atoms with Gasteiger partial charge in [0.15, 0.2) is 17.3 Å². The van der Waals surface area contributed by atoms with Crippen LogP contribution in [0.15, 0.2) is 124 Å². The Bertz CT molecular complexity index is 6700. The molecule has 3 aliphatic carbocycles. The highest BCUT2D eigenvalue weighted by Gasteiger charge is 2.58. The van der Waals surface area contributed by atoms with Crippen molar-refractivity contribution in [1.82, 2.24) is 59.2 Å².